The molecule has 8 heteroatoms. The number of carbonyl (C=O) groups is 4. The molecule has 1 aliphatic carbocycles. The van der Waals surface area contributed by atoms with Crippen LogP contribution >= 0.6 is 31.9 Å². The number of rotatable bonds is 4. The maximum absolute atomic E-state index is 13.6. The number of halogens is 2. The highest BCUT2D eigenvalue weighted by atomic mass is 79.9. The minimum Gasteiger partial charge on any atom is -0.321 e. The molecule has 0 unspecified atom stereocenters. The second kappa shape index (κ2) is 9.64. The summed E-state index contributed by atoms with van der Waals surface area (Å²) in [6.07, 6.45) is 0. The van der Waals surface area contributed by atoms with Gasteiger partial charge in [-0.25, -0.2) is 0 Å². The molecular formula is C28H16Br2N2O4. The molecule has 36 heavy (non-hydrogen) atoms. The van der Waals surface area contributed by atoms with E-state index in [1.54, 1.807) is 84.9 Å². The second-order valence-electron chi connectivity index (χ2n) is 8.04. The number of amides is 2. The molecule has 176 valence electrons. The minimum atomic E-state index is -0.414. The number of nitrogens with one attached hydrogen (secondary N) is 2. The third-order valence-electron chi connectivity index (χ3n) is 5.74. The van der Waals surface area contributed by atoms with Gasteiger partial charge >= 0.3 is 0 Å². The number of ketones is 2. The molecule has 6 nitrogen and oxygen atoms in total. The Balaban J connectivity index is 1.51. The molecule has 4 aromatic rings. The van der Waals surface area contributed by atoms with E-state index < -0.39 is 23.4 Å². The fourth-order valence-electron chi connectivity index (χ4n) is 4.10. The third-order valence-corrected chi connectivity index (χ3v) is 6.73. The van der Waals surface area contributed by atoms with Crippen LogP contribution in [0.5, 0.6) is 0 Å². The first-order valence-electron chi connectivity index (χ1n) is 10.8. The van der Waals surface area contributed by atoms with Gasteiger partial charge in [-0.3, -0.25) is 19.2 Å². The molecule has 0 saturated carbocycles. The number of hydrogen-bond acceptors (Lipinski definition) is 4. The first kappa shape index (κ1) is 23.8. The second-order valence-corrected chi connectivity index (χ2v) is 9.87. The van der Waals surface area contributed by atoms with Crippen molar-refractivity contribution in [1.82, 2.24) is 0 Å². The minimum absolute atomic E-state index is 0.119. The molecule has 2 amide bonds. The Morgan fingerprint density at radius 2 is 0.944 bits per heavy atom. The van der Waals surface area contributed by atoms with Crippen LogP contribution in [-0.2, 0) is 0 Å². The van der Waals surface area contributed by atoms with Crippen LogP contribution in [0.1, 0.15) is 52.6 Å². The van der Waals surface area contributed by atoms with Crippen molar-refractivity contribution in [3.05, 3.63) is 127 Å². The average molecular weight is 604 g/mol. The standard InChI is InChI=1S/C28H16Br2N2O4/c29-17-7-1-5-15(13-17)27(35)31-21-11-3-9-19-23(21)25(33)20-10-4-12-22(24(20)26(19)34)32-28(36)16-6-2-8-18(30)14-16/h1-14H,(H,31,35)(H,32,36). The van der Waals surface area contributed by atoms with Gasteiger partial charge in [-0.15, -0.1) is 0 Å². The van der Waals surface area contributed by atoms with Gasteiger partial charge < -0.3 is 10.6 Å². The Labute approximate surface area is 223 Å². The SMILES string of the molecule is O=C(Nc1cccc2c1C(=O)c1cccc(NC(=O)c3cccc(Br)c3)c1C2=O)c1cccc(Br)c1. The summed E-state index contributed by atoms with van der Waals surface area (Å²) in [4.78, 5) is 52.8. The van der Waals surface area contributed by atoms with Gasteiger partial charge in [0.2, 0.25) is 0 Å². The molecule has 0 heterocycles. The van der Waals surface area contributed by atoms with Crippen molar-refractivity contribution in [3.63, 3.8) is 0 Å². The predicted molar refractivity (Wildman–Crippen MR) is 144 cm³/mol. The molecule has 0 spiro atoms. The molecule has 0 atom stereocenters. The fourth-order valence-corrected chi connectivity index (χ4v) is 4.90. The van der Waals surface area contributed by atoms with E-state index in [0.29, 0.717) is 11.1 Å². The molecule has 0 bridgehead atoms. The smallest absolute Gasteiger partial charge is 0.255 e. The van der Waals surface area contributed by atoms with Crippen LogP contribution in [0, 0.1) is 0 Å². The van der Waals surface area contributed by atoms with Gasteiger partial charge in [0.1, 0.15) is 0 Å². The summed E-state index contributed by atoms with van der Waals surface area (Å²) in [5.41, 5.74) is 1.83. The zero-order chi connectivity index (χ0) is 25.4. The summed E-state index contributed by atoms with van der Waals surface area (Å²) in [7, 11) is 0. The Kier molecular flexibility index (Phi) is 6.38. The molecule has 0 aliphatic heterocycles. The van der Waals surface area contributed by atoms with Crippen molar-refractivity contribution in [2.75, 3.05) is 10.6 Å². The number of anilines is 2. The average Bonchev–Trinajstić information content (AvgIpc) is 2.87. The normalized spacial score (nSPS) is 11.9. The van der Waals surface area contributed by atoms with Crippen LogP contribution in [0.2, 0.25) is 0 Å². The van der Waals surface area contributed by atoms with E-state index in [0.717, 1.165) is 8.95 Å². The first-order chi connectivity index (χ1) is 17.3. The highest BCUT2D eigenvalue weighted by Gasteiger charge is 2.34. The van der Waals surface area contributed by atoms with E-state index in [9.17, 15) is 19.2 Å². The number of carbonyl (C=O) groups excluding carboxylic acids is 4. The van der Waals surface area contributed by atoms with Gasteiger partial charge in [-0.1, -0.05) is 68.3 Å². The Hall–Kier alpha value is -3.88. The van der Waals surface area contributed by atoms with Crippen LogP contribution in [0.25, 0.3) is 0 Å². The zero-order valence-electron chi connectivity index (χ0n) is 18.5. The Morgan fingerprint density at radius 1 is 0.556 bits per heavy atom. The van der Waals surface area contributed by atoms with E-state index in [-0.39, 0.29) is 33.6 Å². The van der Waals surface area contributed by atoms with Crippen LogP contribution in [0.4, 0.5) is 11.4 Å². The maximum atomic E-state index is 13.6. The monoisotopic (exact) mass is 602 g/mol. The van der Waals surface area contributed by atoms with E-state index in [2.05, 4.69) is 42.5 Å². The molecule has 5 rings (SSSR count). The van der Waals surface area contributed by atoms with Gasteiger partial charge in [0, 0.05) is 31.2 Å². The van der Waals surface area contributed by atoms with Crippen LogP contribution in [0.15, 0.2) is 93.9 Å². The lowest BCUT2D eigenvalue weighted by atomic mass is 9.82. The van der Waals surface area contributed by atoms with Crippen molar-refractivity contribution in [3.8, 4) is 0 Å². The van der Waals surface area contributed by atoms with Crippen molar-refractivity contribution in [2.24, 2.45) is 0 Å². The van der Waals surface area contributed by atoms with Gasteiger partial charge in [-0.2, -0.15) is 0 Å². The van der Waals surface area contributed by atoms with E-state index in [1.165, 1.54) is 0 Å². The highest BCUT2D eigenvalue weighted by molar-refractivity contribution is 9.10. The van der Waals surface area contributed by atoms with Crippen LogP contribution in [0.3, 0.4) is 0 Å². The van der Waals surface area contributed by atoms with Gasteiger partial charge in [0.15, 0.2) is 11.6 Å². The van der Waals surface area contributed by atoms with Gasteiger partial charge in [0.25, 0.3) is 11.8 Å². The van der Waals surface area contributed by atoms with Crippen molar-refractivity contribution in [1.29, 1.82) is 0 Å². The highest BCUT2D eigenvalue weighted by Crippen LogP contribution is 2.35. The lowest BCUT2D eigenvalue weighted by Gasteiger charge is -2.22. The van der Waals surface area contributed by atoms with E-state index in [4.69, 9.17) is 0 Å². The Morgan fingerprint density at radius 3 is 1.33 bits per heavy atom. The molecule has 0 fully saturated rings. The summed E-state index contributed by atoms with van der Waals surface area (Å²) in [5.74, 6) is -1.65. The number of hydrogen-bond donors (Lipinski definition) is 2. The molecular weight excluding hydrogens is 588 g/mol. The number of fused-ring (bicyclic) bond motifs is 2. The quantitative estimate of drug-likeness (QED) is 0.245. The predicted octanol–water partition coefficient (Wildman–Crippen LogP) is 6.49. The van der Waals surface area contributed by atoms with Gasteiger partial charge in [0.05, 0.1) is 22.5 Å². The van der Waals surface area contributed by atoms with Crippen molar-refractivity contribution < 1.29 is 19.2 Å². The Bertz CT molecular complexity index is 1480. The lowest BCUT2D eigenvalue weighted by Crippen LogP contribution is -2.26. The maximum Gasteiger partial charge on any atom is 0.255 e. The van der Waals surface area contributed by atoms with E-state index >= 15 is 0 Å². The number of benzene rings is 4. The molecule has 0 radical (unpaired) electrons. The summed E-state index contributed by atoms with van der Waals surface area (Å²) in [6.45, 7) is 0. The third kappa shape index (κ3) is 4.41. The zero-order valence-corrected chi connectivity index (χ0v) is 21.6. The van der Waals surface area contributed by atoms with Crippen LogP contribution in [-0.4, -0.2) is 23.4 Å². The molecule has 1 aliphatic rings. The summed E-state index contributed by atoms with van der Waals surface area (Å²) in [5, 5.41) is 5.52. The van der Waals surface area contributed by atoms with Gasteiger partial charge in [-0.05, 0) is 48.5 Å². The topological polar surface area (TPSA) is 92.3 Å². The summed E-state index contributed by atoms with van der Waals surface area (Å²) < 4.78 is 1.48. The molecule has 0 saturated heterocycles. The summed E-state index contributed by atoms with van der Waals surface area (Å²) >= 11 is 6.68. The van der Waals surface area contributed by atoms with Crippen molar-refractivity contribution in [2.45, 2.75) is 0 Å². The molecule has 0 aromatic heterocycles. The summed E-state index contributed by atoms with van der Waals surface area (Å²) in [6, 6.07) is 23.1. The van der Waals surface area contributed by atoms with Crippen molar-refractivity contribution >= 4 is 66.6 Å². The lowest BCUT2D eigenvalue weighted by molar-refractivity contribution is 0.0977. The van der Waals surface area contributed by atoms with Crippen LogP contribution < -0.4 is 10.6 Å². The molecule has 2 N–H and O–H groups in total. The fraction of sp³-hybridized carbons (Fsp3) is 0. The molecule has 4 aromatic carbocycles. The largest absolute Gasteiger partial charge is 0.321 e. The van der Waals surface area contributed by atoms with E-state index in [1.807, 2.05) is 0 Å². The first-order valence-corrected chi connectivity index (χ1v) is 12.4.